The second kappa shape index (κ2) is 5.37. The Hall–Kier alpha value is -1.00. The van der Waals surface area contributed by atoms with Crippen LogP contribution in [0.15, 0.2) is 18.6 Å². The molecule has 1 N–H and O–H groups in total. The van der Waals surface area contributed by atoms with Crippen LogP contribution in [-0.4, -0.2) is 41.0 Å². The Morgan fingerprint density at radius 1 is 1.56 bits per heavy atom. The van der Waals surface area contributed by atoms with Gasteiger partial charge in [0.1, 0.15) is 0 Å². The van der Waals surface area contributed by atoms with Crippen molar-refractivity contribution in [3.05, 3.63) is 24.3 Å². The molecule has 4 nitrogen and oxygen atoms in total. The third-order valence-corrected chi connectivity index (χ3v) is 3.34. The van der Waals surface area contributed by atoms with Crippen LogP contribution in [0.5, 0.6) is 0 Å². The van der Waals surface area contributed by atoms with Crippen molar-refractivity contribution in [2.45, 2.75) is 31.8 Å². The van der Waals surface area contributed by atoms with Crippen LogP contribution in [0.1, 0.15) is 31.5 Å². The molecule has 88 valence electrons. The summed E-state index contributed by atoms with van der Waals surface area (Å²) in [5.41, 5.74) is 1.04. The van der Waals surface area contributed by atoms with Crippen LogP contribution in [0.25, 0.3) is 0 Å². The van der Waals surface area contributed by atoms with Gasteiger partial charge in [0.25, 0.3) is 0 Å². The van der Waals surface area contributed by atoms with Gasteiger partial charge < -0.3 is 5.32 Å². The van der Waals surface area contributed by atoms with E-state index in [-0.39, 0.29) is 0 Å². The van der Waals surface area contributed by atoms with Crippen molar-refractivity contribution in [1.82, 2.24) is 20.2 Å². The summed E-state index contributed by atoms with van der Waals surface area (Å²) in [4.78, 5) is 10.8. The fourth-order valence-electron chi connectivity index (χ4n) is 2.17. The fourth-order valence-corrected chi connectivity index (χ4v) is 2.17. The van der Waals surface area contributed by atoms with Gasteiger partial charge in [0, 0.05) is 31.2 Å². The number of aromatic nitrogens is 2. The van der Waals surface area contributed by atoms with E-state index in [4.69, 9.17) is 0 Å². The van der Waals surface area contributed by atoms with Crippen LogP contribution in [-0.2, 0) is 0 Å². The van der Waals surface area contributed by atoms with Gasteiger partial charge in [0.05, 0.1) is 11.7 Å². The molecule has 0 aliphatic carbocycles. The van der Waals surface area contributed by atoms with Crippen molar-refractivity contribution in [3.8, 4) is 0 Å². The lowest BCUT2D eigenvalue weighted by Gasteiger charge is -2.26. The lowest BCUT2D eigenvalue weighted by molar-refractivity contribution is 0.234. The Kier molecular flexibility index (Phi) is 3.85. The Balaban J connectivity index is 1.91. The van der Waals surface area contributed by atoms with E-state index in [1.165, 1.54) is 12.8 Å². The van der Waals surface area contributed by atoms with E-state index in [2.05, 4.69) is 34.2 Å². The number of likely N-dealkylation sites (N-methyl/N-ethyl adjacent to an activating group) is 1. The van der Waals surface area contributed by atoms with Gasteiger partial charge in [-0.2, -0.15) is 0 Å². The average molecular weight is 220 g/mol. The summed E-state index contributed by atoms with van der Waals surface area (Å²) in [6.45, 7) is 4.43. The van der Waals surface area contributed by atoms with Gasteiger partial charge in [-0.1, -0.05) is 0 Å². The molecule has 0 amide bonds. The first-order valence-electron chi connectivity index (χ1n) is 5.97. The Bertz CT molecular complexity index is 308. The largest absolute Gasteiger partial charge is 0.313 e. The van der Waals surface area contributed by atoms with Gasteiger partial charge in [0.2, 0.25) is 0 Å². The minimum absolute atomic E-state index is 0.330. The topological polar surface area (TPSA) is 41.1 Å². The smallest absolute Gasteiger partial charge is 0.0755 e. The standard InChI is InChI=1S/C12H20N4/c1-10(12-8-13-6-7-15-12)16(2)9-11-4-3-5-14-11/h6-8,10-11,14H,3-5,9H2,1-2H3/t10-,11-/m0/s1. The summed E-state index contributed by atoms with van der Waals surface area (Å²) in [5.74, 6) is 0. The van der Waals surface area contributed by atoms with Crippen molar-refractivity contribution >= 4 is 0 Å². The lowest BCUT2D eigenvalue weighted by Crippen LogP contribution is -2.36. The molecule has 2 heterocycles. The Morgan fingerprint density at radius 2 is 2.44 bits per heavy atom. The monoisotopic (exact) mass is 220 g/mol. The summed E-state index contributed by atoms with van der Waals surface area (Å²) in [5, 5.41) is 3.52. The van der Waals surface area contributed by atoms with Crippen molar-refractivity contribution in [2.75, 3.05) is 20.1 Å². The molecule has 0 unspecified atom stereocenters. The zero-order valence-electron chi connectivity index (χ0n) is 10.1. The maximum absolute atomic E-state index is 4.35. The molecule has 0 bridgehead atoms. The van der Waals surface area contributed by atoms with E-state index in [1.807, 2.05) is 6.20 Å². The molecule has 2 rings (SSSR count). The van der Waals surface area contributed by atoms with Crippen LogP contribution in [0, 0.1) is 0 Å². The molecule has 0 saturated carbocycles. The molecule has 4 heteroatoms. The molecule has 16 heavy (non-hydrogen) atoms. The van der Waals surface area contributed by atoms with Crippen molar-refractivity contribution in [2.24, 2.45) is 0 Å². The fraction of sp³-hybridized carbons (Fsp3) is 0.667. The third kappa shape index (κ3) is 2.77. The number of rotatable bonds is 4. The van der Waals surface area contributed by atoms with Gasteiger partial charge in [-0.25, -0.2) is 0 Å². The molecule has 2 atom stereocenters. The molecule has 0 spiro atoms. The van der Waals surface area contributed by atoms with Crippen LogP contribution in [0.3, 0.4) is 0 Å². The number of nitrogens with one attached hydrogen (secondary N) is 1. The van der Waals surface area contributed by atoms with Crippen molar-refractivity contribution < 1.29 is 0 Å². The van der Waals surface area contributed by atoms with E-state index in [1.54, 1.807) is 12.4 Å². The molecule has 1 aromatic heterocycles. The molecular weight excluding hydrogens is 200 g/mol. The van der Waals surface area contributed by atoms with E-state index in [9.17, 15) is 0 Å². The van der Waals surface area contributed by atoms with Crippen LogP contribution >= 0.6 is 0 Å². The van der Waals surface area contributed by atoms with Crippen LogP contribution < -0.4 is 5.32 Å². The second-order valence-corrected chi connectivity index (χ2v) is 4.54. The SMILES string of the molecule is C[C@@H](c1cnccn1)N(C)C[C@@H]1CCCN1. The highest BCUT2D eigenvalue weighted by atomic mass is 15.2. The van der Waals surface area contributed by atoms with Crippen LogP contribution in [0.4, 0.5) is 0 Å². The predicted molar refractivity (Wildman–Crippen MR) is 64.1 cm³/mol. The Morgan fingerprint density at radius 3 is 3.06 bits per heavy atom. The summed E-state index contributed by atoms with van der Waals surface area (Å²) >= 11 is 0. The van der Waals surface area contributed by atoms with Gasteiger partial charge in [0.15, 0.2) is 0 Å². The highest BCUT2D eigenvalue weighted by Crippen LogP contribution is 2.17. The molecule has 1 aliphatic heterocycles. The lowest BCUT2D eigenvalue weighted by atomic mass is 10.1. The third-order valence-electron chi connectivity index (χ3n) is 3.34. The molecule has 1 aliphatic rings. The molecular formula is C12H20N4. The summed E-state index contributed by atoms with van der Waals surface area (Å²) in [7, 11) is 2.15. The number of nitrogens with zero attached hydrogens (tertiary/aromatic N) is 3. The van der Waals surface area contributed by atoms with Crippen molar-refractivity contribution in [1.29, 1.82) is 0 Å². The van der Waals surface area contributed by atoms with Gasteiger partial charge in [-0.3, -0.25) is 14.9 Å². The molecule has 1 aromatic rings. The summed E-state index contributed by atoms with van der Waals surface area (Å²) in [6, 6.07) is 0.972. The molecule has 0 radical (unpaired) electrons. The first-order chi connectivity index (χ1) is 7.77. The maximum Gasteiger partial charge on any atom is 0.0755 e. The van der Waals surface area contributed by atoms with E-state index < -0.39 is 0 Å². The van der Waals surface area contributed by atoms with Gasteiger partial charge in [-0.15, -0.1) is 0 Å². The normalized spacial score (nSPS) is 22.6. The van der Waals surface area contributed by atoms with Crippen LogP contribution in [0.2, 0.25) is 0 Å². The molecule has 1 saturated heterocycles. The Labute approximate surface area is 97.1 Å². The molecule has 0 aromatic carbocycles. The number of hydrogen-bond donors (Lipinski definition) is 1. The first-order valence-corrected chi connectivity index (χ1v) is 5.97. The zero-order chi connectivity index (χ0) is 11.4. The van der Waals surface area contributed by atoms with Crippen molar-refractivity contribution in [3.63, 3.8) is 0 Å². The quantitative estimate of drug-likeness (QED) is 0.828. The predicted octanol–water partition coefficient (Wildman–Crippen LogP) is 1.22. The van der Waals surface area contributed by atoms with Gasteiger partial charge in [-0.05, 0) is 33.4 Å². The van der Waals surface area contributed by atoms with E-state index in [0.717, 1.165) is 18.8 Å². The summed E-state index contributed by atoms with van der Waals surface area (Å²) < 4.78 is 0. The first kappa shape index (κ1) is 11.5. The van der Waals surface area contributed by atoms with E-state index in [0.29, 0.717) is 12.1 Å². The van der Waals surface area contributed by atoms with E-state index >= 15 is 0 Å². The zero-order valence-corrected chi connectivity index (χ0v) is 10.1. The second-order valence-electron chi connectivity index (χ2n) is 4.54. The average Bonchev–Trinajstić information content (AvgIpc) is 2.82. The maximum atomic E-state index is 4.35. The highest BCUT2D eigenvalue weighted by Gasteiger charge is 2.20. The summed E-state index contributed by atoms with van der Waals surface area (Å²) in [6.07, 6.45) is 7.92. The molecule has 1 fully saturated rings. The number of hydrogen-bond acceptors (Lipinski definition) is 4. The minimum Gasteiger partial charge on any atom is -0.313 e. The highest BCUT2D eigenvalue weighted by molar-refractivity contribution is 5.01. The van der Waals surface area contributed by atoms with Gasteiger partial charge >= 0.3 is 0 Å². The minimum atomic E-state index is 0.330.